The van der Waals surface area contributed by atoms with Gasteiger partial charge in [-0.25, -0.2) is 0 Å². The first kappa shape index (κ1) is 16.0. The van der Waals surface area contributed by atoms with Crippen molar-refractivity contribution in [3.63, 3.8) is 0 Å². The predicted molar refractivity (Wildman–Crippen MR) is 79.0 cm³/mol. The lowest BCUT2D eigenvalue weighted by Crippen LogP contribution is -2.45. The zero-order valence-corrected chi connectivity index (χ0v) is 12.8. The third-order valence-corrected chi connectivity index (χ3v) is 4.20. The number of hydrogen-bond donors (Lipinski definition) is 1. The molecule has 18 heavy (non-hydrogen) atoms. The van der Waals surface area contributed by atoms with Crippen LogP contribution in [0, 0.1) is 5.92 Å². The van der Waals surface area contributed by atoms with Crippen molar-refractivity contribution in [1.82, 2.24) is 5.32 Å². The minimum Gasteiger partial charge on any atom is -0.374 e. The summed E-state index contributed by atoms with van der Waals surface area (Å²) in [5.41, 5.74) is 0.136. The molecule has 1 fully saturated rings. The molecule has 0 radical (unpaired) electrons. The maximum absolute atomic E-state index is 6.30. The smallest absolute Gasteiger partial charge is 0.0808 e. The van der Waals surface area contributed by atoms with Gasteiger partial charge in [0.05, 0.1) is 5.60 Å². The number of unbranched alkanes of at least 4 members (excludes halogenated alkanes) is 4. The Morgan fingerprint density at radius 2 is 2.00 bits per heavy atom. The van der Waals surface area contributed by atoms with Gasteiger partial charge >= 0.3 is 0 Å². The highest BCUT2D eigenvalue weighted by Crippen LogP contribution is 2.34. The average molecular weight is 255 g/mol. The van der Waals surface area contributed by atoms with Gasteiger partial charge in [-0.2, -0.15) is 0 Å². The molecule has 2 unspecified atom stereocenters. The zero-order valence-electron chi connectivity index (χ0n) is 12.8. The van der Waals surface area contributed by atoms with Crippen LogP contribution in [-0.2, 0) is 4.74 Å². The molecule has 0 spiro atoms. The van der Waals surface area contributed by atoms with Crippen molar-refractivity contribution in [3.8, 4) is 0 Å². The Morgan fingerprint density at radius 1 is 1.22 bits per heavy atom. The summed E-state index contributed by atoms with van der Waals surface area (Å²) in [6.07, 6.45) is 11.8. The number of nitrogens with one attached hydrogen (secondary N) is 1. The largest absolute Gasteiger partial charge is 0.374 e. The summed E-state index contributed by atoms with van der Waals surface area (Å²) in [6, 6.07) is 0. The van der Waals surface area contributed by atoms with E-state index < -0.39 is 0 Å². The van der Waals surface area contributed by atoms with Crippen LogP contribution in [0.3, 0.4) is 0 Å². The normalized spacial score (nSPS) is 28.5. The van der Waals surface area contributed by atoms with Crippen molar-refractivity contribution < 1.29 is 4.74 Å². The number of rotatable bonds is 9. The molecule has 0 aromatic heterocycles. The first-order valence-corrected chi connectivity index (χ1v) is 8.01. The van der Waals surface area contributed by atoms with Crippen LogP contribution < -0.4 is 5.32 Å². The average Bonchev–Trinajstić information content (AvgIpc) is 2.34. The molecule has 1 aliphatic carbocycles. The lowest BCUT2D eigenvalue weighted by atomic mass is 9.78. The second-order valence-electron chi connectivity index (χ2n) is 6.18. The highest BCUT2D eigenvalue weighted by Gasteiger charge is 2.34. The molecule has 0 aromatic rings. The van der Waals surface area contributed by atoms with Crippen molar-refractivity contribution in [2.45, 2.75) is 77.2 Å². The molecule has 0 aromatic carbocycles. The van der Waals surface area contributed by atoms with Gasteiger partial charge in [0.2, 0.25) is 0 Å². The standard InChI is InChI=1S/C16H33NO/c1-4-5-6-7-8-12-18-16(14-17-3)11-9-10-15(2)13-16/h15,17H,4-14H2,1-3H3. The molecule has 0 aliphatic heterocycles. The summed E-state index contributed by atoms with van der Waals surface area (Å²) in [4.78, 5) is 0. The zero-order chi connectivity index (χ0) is 13.3. The molecule has 1 saturated carbocycles. The van der Waals surface area contributed by atoms with Gasteiger partial charge in [0.25, 0.3) is 0 Å². The van der Waals surface area contributed by atoms with Crippen molar-refractivity contribution in [2.24, 2.45) is 5.92 Å². The summed E-state index contributed by atoms with van der Waals surface area (Å²) in [5, 5.41) is 3.34. The molecule has 0 amide bonds. The van der Waals surface area contributed by atoms with Gasteiger partial charge in [0, 0.05) is 13.2 Å². The molecular weight excluding hydrogens is 222 g/mol. The van der Waals surface area contributed by atoms with Gasteiger partial charge in [-0.05, 0) is 32.2 Å². The van der Waals surface area contributed by atoms with Crippen LogP contribution in [0.25, 0.3) is 0 Å². The SMILES string of the molecule is CCCCCCCOC1(CNC)CCCC(C)C1. The Bertz CT molecular complexity index is 203. The summed E-state index contributed by atoms with van der Waals surface area (Å²) in [5.74, 6) is 0.826. The van der Waals surface area contributed by atoms with E-state index in [-0.39, 0.29) is 5.60 Å². The summed E-state index contributed by atoms with van der Waals surface area (Å²) in [7, 11) is 2.05. The van der Waals surface area contributed by atoms with Crippen LogP contribution >= 0.6 is 0 Å². The van der Waals surface area contributed by atoms with Crippen LogP contribution in [0.4, 0.5) is 0 Å². The quantitative estimate of drug-likeness (QED) is 0.625. The molecule has 1 rings (SSSR count). The van der Waals surface area contributed by atoms with Crippen LogP contribution in [-0.4, -0.2) is 25.8 Å². The van der Waals surface area contributed by atoms with E-state index in [9.17, 15) is 0 Å². The third kappa shape index (κ3) is 5.71. The van der Waals surface area contributed by atoms with E-state index in [0.717, 1.165) is 19.1 Å². The van der Waals surface area contributed by atoms with Crippen molar-refractivity contribution in [2.75, 3.05) is 20.2 Å². The van der Waals surface area contributed by atoms with Gasteiger partial charge in [0.1, 0.15) is 0 Å². The van der Waals surface area contributed by atoms with Gasteiger partial charge in [-0.3, -0.25) is 0 Å². The van der Waals surface area contributed by atoms with Gasteiger partial charge < -0.3 is 10.1 Å². The number of ether oxygens (including phenoxy) is 1. The van der Waals surface area contributed by atoms with Crippen LogP contribution in [0.5, 0.6) is 0 Å². The molecule has 2 nitrogen and oxygen atoms in total. The second kappa shape index (κ2) is 8.92. The van der Waals surface area contributed by atoms with E-state index in [4.69, 9.17) is 4.74 Å². The Balaban J connectivity index is 2.24. The van der Waals surface area contributed by atoms with E-state index in [1.807, 2.05) is 7.05 Å². The number of hydrogen-bond acceptors (Lipinski definition) is 2. The first-order chi connectivity index (χ1) is 8.72. The van der Waals surface area contributed by atoms with E-state index in [0.29, 0.717) is 0 Å². The Hall–Kier alpha value is -0.0800. The fourth-order valence-electron chi connectivity index (χ4n) is 3.27. The Labute approximate surface area is 114 Å². The van der Waals surface area contributed by atoms with Crippen molar-refractivity contribution in [3.05, 3.63) is 0 Å². The fraction of sp³-hybridized carbons (Fsp3) is 1.00. The predicted octanol–water partition coefficient (Wildman–Crippen LogP) is 4.14. The topological polar surface area (TPSA) is 21.3 Å². The van der Waals surface area contributed by atoms with E-state index >= 15 is 0 Å². The Morgan fingerprint density at radius 3 is 2.67 bits per heavy atom. The highest BCUT2D eigenvalue weighted by atomic mass is 16.5. The molecule has 108 valence electrons. The molecule has 1 N–H and O–H groups in total. The van der Waals surface area contributed by atoms with Crippen LogP contribution in [0.1, 0.15) is 71.6 Å². The molecular formula is C16H33NO. The maximum Gasteiger partial charge on any atom is 0.0808 e. The van der Waals surface area contributed by atoms with Crippen molar-refractivity contribution in [1.29, 1.82) is 0 Å². The molecule has 0 saturated heterocycles. The van der Waals surface area contributed by atoms with Crippen LogP contribution in [0.15, 0.2) is 0 Å². The first-order valence-electron chi connectivity index (χ1n) is 8.01. The van der Waals surface area contributed by atoms with E-state index in [2.05, 4.69) is 19.2 Å². The molecule has 1 aliphatic rings. The minimum absolute atomic E-state index is 0.136. The lowest BCUT2D eigenvalue weighted by molar-refractivity contribution is -0.0794. The van der Waals surface area contributed by atoms with E-state index in [1.54, 1.807) is 0 Å². The summed E-state index contributed by atoms with van der Waals surface area (Å²) >= 11 is 0. The molecule has 2 heteroatoms. The number of likely N-dealkylation sites (N-methyl/N-ethyl adjacent to an activating group) is 1. The second-order valence-corrected chi connectivity index (χ2v) is 6.18. The fourth-order valence-corrected chi connectivity index (χ4v) is 3.27. The van der Waals surface area contributed by atoms with Crippen molar-refractivity contribution >= 4 is 0 Å². The summed E-state index contributed by atoms with van der Waals surface area (Å²) in [6.45, 7) is 6.61. The molecule has 0 bridgehead atoms. The maximum atomic E-state index is 6.30. The van der Waals surface area contributed by atoms with E-state index in [1.165, 1.54) is 57.8 Å². The molecule has 2 atom stereocenters. The lowest BCUT2D eigenvalue weighted by Gasteiger charge is -2.40. The monoisotopic (exact) mass is 255 g/mol. The minimum atomic E-state index is 0.136. The van der Waals surface area contributed by atoms with Crippen LogP contribution in [0.2, 0.25) is 0 Å². The van der Waals surface area contributed by atoms with Gasteiger partial charge in [-0.15, -0.1) is 0 Å². The van der Waals surface area contributed by atoms with Gasteiger partial charge in [-0.1, -0.05) is 52.4 Å². The van der Waals surface area contributed by atoms with Gasteiger partial charge in [0.15, 0.2) is 0 Å². The highest BCUT2D eigenvalue weighted by molar-refractivity contribution is 4.88. The Kier molecular flexibility index (Phi) is 7.92. The summed E-state index contributed by atoms with van der Waals surface area (Å²) < 4.78 is 6.30. The third-order valence-electron chi connectivity index (χ3n) is 4.20. The molecule has 0 heterocycles.